The molecule has 0 atom stereocenters. The highest BCUT2D eigenvalue weighted by molar-refractivity contribution is 7.10. The molecule has 1 N–H and O–H groups in total. The van der Waals surface area contributed by atoms with Crippen LogP contribution in [0.5, 0.6) is 0 Å². The normalized spacial score (nSPS) is 10.3. The van der Waals surface area contributed by atoms with Crippen molar-refractivity contribution in [1.29, 1.82) is 0 Å². The maximum absolute atomic E-state index is 10.7. The summed E-state index contributed by atoms with van der Waals surface area (Å²) in [4.78, 5) is 15.6. The molecule has 0 fully saturated rings. The predicted octanol–water partition coefficient (Wildman–Crippen LogP) is 3.09. The van der Waals surface area contributed by atoms with E-state index in [1.807, 2.05) is 18.2 Å². The van der Waals surface area contributed by atoms with E-state index in [-0.39, 0.29) is 6.42 Å². The van der Waals surface area contributed by atoms with Crippen LogP contribution in [-0.4, -0.2) is 16.1 Å². The van der Waals surface area contributed by atoms with Crippen molar-refractivity contribution in [3.8, 4) is 11.3 Å². The van der Waals surface area contributed by atoms with Gasteiger partial charge in [0, 0.05) is 15.5 Å². The van der Waals surface area contributed by atoms with Gasteiger partial charge in [0.2, 0.25) is 0 Å². The van der Waals surface area contributed by atoms with Gasteiger partial charge in [-0.15, -0.1) is 11.3 Å². The molecule has 0 saturated carbocycles. The summed E-state index contributed by atoms with van der Waals surface area (Å²) in [7, 11) is 0. The van der Waals surface area contributed by atoms with Gasteiger partial charge in [-0.2, -0.15) is 0 Å². The summed E-state index contributed by atoms with van der Waals surface area (Å²) in [5.41, 5.74) is 3.08. The van der Waals surface area contributed by atoms with Crippen LogP contribution in [0.15, 0.2) is 29.8 Å². The Hall–Kier alpha value is -1.39. The minimum absolute atomic E-state index is 0.0226. The summed E-state index contributed by atoms with van der Waals surface area (Å²) in [5.74, 6) is -0.863. The minimum Gasteiger partial charge on any atom is -0.481 e. The zero-order valence-corrected chi connectivity index (χ0v) is 9.76. The van der Waals surface area contributed by atoms with Gasteiger partial charge in [0.05, 0.1) is 17.6 Å². The summed E-state index contributed by atoms with van der Waals surface area (Å²) in [6.07, 6.45) is -0.0226. The Kier molecular flexibility index (Phi) is 3.22. The van der Waals surface area contributed by atoms with E-state index in [1.165, 1.54) is 11.3 Å². The van der Waals surface area contributed by atoms with Crippen LogP contribution in [0.4, 0.5) is 0 Å². The van der Waals surface area contributed by atoms with Crippen molar-refractivity contribution in [2.45, 2.75) is 6.42 Å². The molecule has 0 aliphatic carbocycles. The number of benzene rings is 1. The van der Waals surface area contributed by atoms with Gasteiger partial charge >= 0.3 is 5.97 Å². The molecule has 0 amide bonds. The van der Waals surface area contributed by atoms with E-state index < -0.39 is 5.97 Å². The van der Waals surface area contributed by atoms with Gasteiger partial charge in [-0.1, -0.05) is 29.8 Å². The Labute approximate surface area is 101 Å². The topological polar surface area (TPSA) is 50.2 Å². The number of thiazole rings is 1. The van der Waals surface area contributed by atoms with Crippen LogP contribution in [0.1, 0.15) is 4.88 Å². The molecule has 1 aromatic carbocycles. The molecule has 5 heteroatoms. The average molecular weight is 254 g/mol. The van der Waals surface area contributed by atoms with Crippen LogP contribution >= 0.6 is 22.9 Å². The van der Waals surface area contributed by atoms with E-state index in [1.54, 1.807) is 11.6 Å². The van der Waals surface area contributed by atoms with Crippen molar-refractivity contribution in [1.82, 2.24) is 4.98 Å². The van der Waals surface area contributed by atoms with Crippen molar-refractivity contribution in [2.24, 2.45) is 0 Å². The molecule has 1 aromatic heterocycles. The summed E-state index contributed by atoms with van der Waals surface area (Å²) in [5, 5.41) is 9.36. The Balaban J connectivity index is 2.45. The zero-order chi connectivity index (χ0) is 11.5. The second-order valence-electron chi connectivity index (χ2n) is 3.17. The molecule has 82 valence electrons. The van der Waals surface area contributed by atoms with Gasteiger partial charge in [0.25, 0.3) is 0 Å². The van der Waals surface area contributed by atoms with Crippen LogP contribution in [-0.2, 0) is 11.2 Å². The summed E-state index contributed by atoms with van der Waals surface area (Å²) in [6.45, 7) is 0. The average Bonchev–Trinajstić information content (AvgIpc) is 2.66. The van der Waals surface area contributed by atoms with Crippen LogP contribution in [0.3, 0.4) is 0 Å². The number of carbonyl (C=O) groups is 1. The lowest BCUT2D eigenvalue weighted by Gasteiger charge is -2.02. The van der Waals surface area contributed by atoms with Crippen molar-refractivity contribution in [3.05, 3.63) is 39.7 Å². The third-order valence-corrected chi connectivity index (χ3v) is 3.24. The molecule has 2 aromatic rings. The molecule has 0 spiro atoms. The molecule has 0 bridgehead atoms. The van der Waals surface area contributed by atoms with Gasteiger partial charge in [-0.05, 0) is 6.07 Å². The van der Waals surface area contributed by atoms with Gasteiger partial charge in [-0.3, -0.25) is 4.79 Å². The largest absolute Gasteiger partial charge is 0.481 e. The van der Waals surface area contributed by atoms with Crippen LogP contribution in [0, 0.1) is 0 Å². The fourth-order valence-corrected chi connectivity index (χ4v) is 2.40. The van der Waals surface area contributed by atoms with Crippen molar-refractivity contribution in [2.75, 3.05) is 0 Å². The Bertz CT molecular complexity index is 524. The number of carboxylic acid groups (broad SMARTS) is 1. The number of rotatable bonds is 3. The highest BCUT2D eigenvalue weighted by Gasteiger charge is 2.13. The first-order chi connectivity index (χ1) is 7.68. The van der Waals surface area contributed by atoms with E-state index in [2.05, 4.69) is 4.98 Å². The number of hydrogen-bond acceptors (Lipinski definition) is 3. The Morgan fingerprint density at radius 1 is 1.44 bits per heavy atom. The third-order valence-electron chi connectivity index (χ3n) is 2.08. The molecule has 0 saturated heterocycles. The highest BCUT2D eigenvalue weighted by atomic mass is 35.5. The molecular weight excluding hydrogens is 246 g/mol. The molecule has 2 rings (SSSR count). The second kappa shape index (κ2) is 4.63. The number of halogens is 1. The first kappa shape index (κ1) is 11.1. The van der Waals surface area contributed by atoms with Crippen LogP contribution in [0.25, 0.3) is 11.3 Å². The number of hydrogen-bond donors (Lipinski definition) is 1. The van der Waals surface area contributed by atoms with E-state index in [4.69, 9.17) is 16.7 Å². The number of aromatic nitrogens is 1. The summed E-state index contributed by atoms with van der Waals surface area (Å²) >= 11 is 7.37. The van der Waals surface area contributed by atoms with Crippen LogP contribution in [0.2, 0.25) is 5.02 Å². The Morgan fingerprint density at radius 3 is 2.88 bits per heavy atom. The second-order valence-corrected chi connectivity index (χ2v) is 4.52. The van der Waals surface area contributed by atoms with Crippen molar-refractivity contribution >= 4 is 28.9 Å². The SMILES string of the molecule is O=C(O)Cc1scnc1-c1ccccc1Cl. The first-order valence-corrected chi connectivity index (χ1v) is 5.83. The third kappa shape index (κ3) is 2.23. The lowest BCUT2D eigenvalue weighted by molar-refractivity contribution is -0.136. The minimum atomic E-state index is -0.863. The van der Waals surface area contributed by atoms with E-state index in [9.17, 15) is 4.79 Å². The molecule has 16 heavy (non-hydrogen) atoms. The smallest absolute Gasteiger partial charge is 0.308 e. The van der Waals surface area contributed by atoms with Gasteiger partial charge in [0.1, 0.15) is 0 Å². The van der Waals surface area contributed by atoms with Crippen LogP contribution < -0.4 is 0 Å². The quantitative estimate of drug-likeness (QED) is 0.915. The molecule has 0 aliphatic rings. The highest BCUT2D eigenvalue weighted by Crippen LogP contribution is 2.31. The fraction of sp³-hybridized carbons (Fsp3) is 0.0909. The first-order valence-electron chi connectivity index (χ1n) is 4.57. The monoisotopic (exact) mass is 253 g/mol. The van der Waals surface area contributed by atoms with Gasteiger partial charge < -0.3 is 5.11 Å². The number of carboxylic acids is 1. The molecular formula is C11H8ClNO2S. The number of aliphatic carboxylic acids is 1. The van der Waals surface area contributed by atoms with E-state index in [0.717, 1.165) is 10.4 Å². The maximum Gasteiger partial charge on any atom is 0.308 e. The standard InChI is InChI=1S/C11H8ClNO2S/c12-8-4-2-1-3-7(8)11-9(5-10(14)15)16-6-13-11/h1-4,6H,5H2,(H,14,15). The summed E-state index contributed by atoms with van der Waals surface area (Å²) < 4.78 is 0. The number of nitrogens with zero attached hydrogens (tertiary/aromatic N) is 1. The lowest BCUT2D eigenvalue weighted by Crippen LogP contribution is -1.99. The lowest BCUT2D eigenvalue weighted by atomic mass is 10.1. The predicted molar refractivity (Wildman–Crippen MR) is 63.9 cm³/mol. The van der Waals surface area contributed by atoms with E-state index in [0.29, 0.717) is 10.7 Å². The summed E-state index contributed by atoms with van der Waals surface area (Å²) in [6, 6.07) is 7.28. The maximum atomic E-state index is 10.7. The van der Waals surface area contributed by atoms with E-state index >= 15 is 0 Å². The molecule has 3 nitrogen and oxygen atoms in total. The Morgan fingerprint density at radius 2 is 2.19 bits per heavy atom. The fourth-order valence-electron chi connectivity index (χ4n) is 1.41. The zero-order valence-electron chi connectivity index (χ0n) is 8.18. The molecule has 0 aliphatic heterocycles. The van der Waals surface area contributed by atoms with Gasteiger partial charge in [0.15, 0.2) is 0 Å². The molecule has 0 radical (unpaired) electrons. The molecule has 1 heterocycles. The van der Waals surface area contributed by atoms with Crippen molar-refractivity contribution in [3.63, 3.8) is 0 Å². The molecule has 0 unspecified atom stereocenters. The van der Waals surface area contributed by atoms with Gasteiger partial charge in [-0.25, -0.2) is 4.98 Å². The van der Waals surface area contributed by atoms with Crippen molar-refractivity contribution < 1.29 is 9.90 Å².